The molecule has 0 aliphatic carbocycles. The number of ether oxygens (including phenoxy) is 1. The number of rotatable bonds is 8. The molecular formula is C26H30N4O2. The van der Waals surface area contributed by atoms with Gasteiger partial charge < -0.3 is 24.6 Å². The summed E-state index contributed by atoms with van der Waals surface area (Å²) in [7, 11) is 7.89. The first kappa shape index (κ1) is 21.9. The number of hydrogen-bond acceptors (Lipinski definition) is 5. The molecule has 0 aliphatic rings. The maximum Gasteiger partial charge on any atom is 0.137 e. The van der Waals surface area contributed by atoms with Gasteiger partial charge in [-0.1, -0.05) is 24.3 Å². The molecule has 0 spiro atoms. The average molecular weight is 431 g/mol. The van der Waals surface area contributed by atoms with Crippen LogP contribution in [0.15, 0.2) is 60.9 Å². The first-order valence-corrected chi connectivity index (χ1v) is 10.7. The molecule has 166 valence electrons. The molecule has 0 fully saturated rings. The smallest absolute Gasteiger partial charge is 0.137 e. The van der Waals surface area contributed by atoms with Gasteiger partial charge in [0.05, 0.1) is 7.11 Å². The van der Waals surface area contributed by atoms with Crippen LogP contribution in [0.2, 0.25) is 0 Å². The molecule has 4 aromatic rings. The Morgan fingerprint density at radius 3 is 2.56 bits per heavy atom. The SMILES string of the molecule is COc1ccccc1-c1c[nH]c2ncc(-c3ccc(O)c(CN(C)CCN(C)C)c3)cc12. The second kappa shape index (κ2) is 9.42. The highest BCUT2D eigenvalue weighted by Crippen LogP contribution is 2.36. The molecule has 0 saturated heterocycles. The molecular weight excluding hydrogens is 400 g/mol. The van der Waals surface area contributed by atoms with Gasteiger partial charge in [-0.3, -0.25) is 0 Å². The summed E-state index contributed by atoms with van der Waals surface area (Å²) in [6.45, 7) is 2.58. The quantitative estimate of drug-likeness (QED) is 0.428. The van der Waals surface area contributed by atoms with Crippen LogP contribution in [0, 0.1) is 0 Å². The first-order chi connectivity index (χ1) is 15.5. The molecule has 2 aromatic heterocycles. The molecule has 0 saturated carbocycles. The van der Waals surface area contributed by atoms with Crippen molar-refractivity contribution < 1.29 is 9.84 Å². The second-order valence-electron chi connectivity index (χ2n) is 8.41. The lowest BCUT2D eigenvalue weighted by Gasteiger charge is -2.20. The van der Waals surface area contributed by atoms with E-state index in [0.717, 1.165) is 57.7 Å². The lowest BCUT2D eigenvalue weighted by Crippen LogP contribution is -2.28. The predicted molar refractivity (Wildman–Crippen MR) is 130 cm³/mol. The van der Waals surface area contributed by atoms with E-state index in [1.54, 1.807) is 13.2 Å². The first-order valence-electron chi connectivity index (χ1n) is 10.7. The van der Waals surface area contributed by atoms with E-state index in [0.29, 0.717) is 12.3 Å². The highest BCUT2D eigenvalue weighted by molar-refractivity contribution is 5.97. The number of benzene rings is 2. The molecule has 2 N–H and O–H groups in total. The van der Waals surface area contributed by atoms with Crippen molar-refractivity contribution in [1.82, 2.24) is 19.8 Å². The zero-order chi connectivity index (χ0) is 22.7. The molecule has 0 aliphatic heterocycles. The van der Waals surface area contributed by atoms with E-state index in [4.69, 9.17) is 4.74 Å². The number of aromatic nitrogens is 2. The summed E-state index contributed by atoms with van der Waals surface area (Å²) in [4.78, 5) is 12.3. The van der Waals surface area contributed by atoms with E-state index >= 15 is 0 Å². The summed E-state index contributed by atoms with van der Waals surface area (Å²) in [6, 6.07) is 15.9. The van der Waals surface area contributed by atoms with E-state index < -0.39 is 0 Å². The third-order valence-corrected chi connectivity index (χ3v) is 5.71. The van der Waals surface area contributed by atoms with Crippen molar-refractivity contribution >= 4 is 11.0 Å². The van der Waals surface area contributed by atoms with E-state index in [2.05, 4.69) is 59.1 Å². The van der Waals surface area contributed by atoms with Gasteiger partial charge in [0.25, 0.3) is 0 Å². The third kappa shape index (κ3) is 4.61. The monoisotopic (exact) mass is 430 g/mol. The summed E-state index contributed by atoms with van der Waals surface area (Å²) in [6.07, 6.45) is 3.85. The number of fused-ring (bicyclic) bond motifs is 1. The third-order valence-electron chi connectivity index (χ3n) is 5.71. The molecule has 0 bridgehead atoms. The fourth-order valence-corrected chi connectivity index (χ4v) is 3.88. The lowest BCUT2D eigenvalue weighted by atomic mass is 10.00. The van der Waals surface area contributed by atoms with Gasteiger partial charge in [-0.15, -0.1) is 0 Å². The molecule has 4 rings (SSSR count). The number of para-hydroxylation sites is 1. The van der Waals surface area contributed by atoms with Gasteiger partial charge in [-0.05, 0) is 51.0 Å². The number of pyridine rings is 1. The number of aromatic hydroxyl groups is 1. The standard InChI is InChI=1S/C26H30N4O2/c1-29(2)11-12-30(3)17-20-13-18(9-10-24(20)31)19-14-22-23(16-28-26(22)27-15-19)21-7-5-6-8-25(21)32-4/h5-10,13-16,31H,11-12,17H2,1-4H3,(H,27,28). The van der Waals surface area contributed by atoms with Crippen molar-refractivity contribution in [2.45, 2.75) is 6.54 Å². The summed E-state index contributed by atoms with van der Waals surface area (Å²) in [5, 5.41) is 11.5. The number of H-pyrrole nitrogens is 1. The molecule has 0 amide bonds. The van der Waals surface area contributed by atoms with Gasteiger partial charge in [0.1, 0.15) is 17.1 Å². The van der Waals surface area contributed by atoms with Crippen LogP contribution in [-0.2, 0) is 6.54 Å². The molecule has 6 heteroatoms. The minimum absolute atomic E-state index is 0.316. The minimum Gasteiger partial charge on any atom is -0.508 e. The zero-order valence-corrected chi connectivity index (χ0v) is 19.1. The second-order valence-corrected chi connectivity index (χ2v) is 8.41. The van der Waals surface area contributed by atoms with Crippen LogP contribution in [0.4, 0.5) is 0 Å². The highest BCUT2D eigenvalue weighted by atomic mass is 16.5. The number of aromatic amines is 1. The molecule has 0 unspecified atom stereocenters. The maximum absolute atomic E-state index is 10.4. The topological polar surface area (TPSA) is 64.6 Å². The van der Waals surface area contributed by atoms with E-state index in [-0.39, 0.29) is 0 Å². The van der Waals surface area contributed by atoms with Crippen LogP contribution in [0.25, 0.3) is 33.3 Å². The van der Waals surface area contributed by atoms with Crippen LogP contribution in [-0.4, -0.2) is 66.2 Å². The number of phenols is 1. The van der Waals surface area contributed by atoms with Gasteiger partial charge in [-0.25, -0.2) is 4.98 Å². The Labute approximate surface area is 189 Å². The number of methoxy groups -OCH3 is 1. The summed E-state index contributed by atoms with van der Waals surface area (Å²) >= 11 is 0. The van der Waals surface area contributed by atoms with Crippen LogP contribution in [0.3, 0.4) is 0 Å². The van der Waals surface area contributed by atoms with Crippen molar-refractivity contribution in [3.63, 3.8) is 0 Å². The fourth-order valence-electron chi connectivity index (χ4n) is 3.88. The zero-order valence-electron chi connectivity index (χ0n) is 19.1. The average Bonchev–Trinajstić information content (AvgIpc) is 3.22. The summed E-state index contributed by atoms with van der Waals surface area (Å²) < 4.78 is 5.56. The summed E-state index contributed by atoms with van der Waals surface area (Å²) in [5.74, 6) is 1.14. The van der Waals surface area contributed by atoms with Crippen LogP contribution in [0.5, 0.6) is 11.5 Å². The lowest BCUT2D eigenvalue weighted by molar-refractivity contribution is 0.273. The van der Waals surface area contributed by atoms with Gasteiger partial charge in [0.15, 0.2) is 0 Å². The Hall–Kier alpha value is -3.35. The number of nitrogens with one attached hydrogen (secondary N) is 1. The van der Waals surface area contributed by atoms with Gasteiger partial charge in [0.2, 0.25) is 0 Å². The van der Waals surface area contributed by atoms with Crippen molar-refractivity contribution in [1.29, 1.82) is 0 Å². The van der Waals surface area contributed by atoms with Gasteiger partial charge >= 0.3 is 0 Å². The normalized spacial score (nSPS) is 11.6. The number of phenolic OH excluding ortho intramolecular Hbond substituents is 1. The molecule has 6 nitrogen and oxygen atoms in total. The van der Waals surface area contributed by atoms with Gasteiger partial charge in [-0.2, -0.15) is 0 Å². The van der Waals surface area contributed by atoms with Crippen LogP contribution >= 0.6 is 0 Å². The van der Waals surface area contributed by atoms with Gasteiger partial charge in [0, 0.05) is 59.7 Å². The molecule has 0 atom stereocenters. The molecule has 0 radical (unpaired) electrons. The van der Waals surface area contributed by atoms with E-state index in [9.17, 15) is 5.11 Å². The van der Waals surface area contributed by atoms with Crippen LogP contribution < -0.4 is 4.74 Å². The van der Waals surface area contributed by atoms with Crippen molar-refractivity contribution in [3.8, 4) is 33.8 Å². The van der Waals surface area contributed by atoms with E-state index in [1.807, 2.05) is 36.7 Å². The largest absolute Gasteiger partial charge is 0.508 e. The molecule has 32 heavy (non-hydrogen) atoms. The molecule has 2 heterocycles. The van der Waals surface area contributed by atoms with Crippen molar-refractivity contribution in [2.24, 2.45) is 0 Å². The van der Waals surface area contributed by atoms with Crippen molar-refractivity contribution in [2.75, 3.05) is 41.3 Å². The van der Waals surface area contributed by atoms with Crippen molar-refractivity contribution in [3.05, 3.63) is 66.5 Å². The fraction of sp³-hybridized carbons (Fsp3) is 0.269. The Bertz CT molecular complexity index is 1220. The number of likely N-dealkylation sites (N-methyl/N-ethyl adjacent to an activating group) is 2. The van der Waals surface area contributed by atoms with E-state index in [1.165, 1.54) is 0 Å². The number of nitrogens with zero attached hydrogens (tertiary/aromatic N) is 3. The highest BCUT2D eigenvalue weighted by Gasteiger charge is 2.14. The maximum atomic E-state index is 10.4. The minimum atomic E-state index is 0.316. The molecule has 2 aromatic carbocycles. The van der Waals surface area contributed by atoms with Crippen LogP contribution in [0.1, 0.15) is 5.56 Å². The predicted octanol–water partition coefficient (Wildman–Crippen LogP) is 4.60. The Morgan fingerprint density at radius 1 is 0.969 bits per heavy atom. The number of hydrogen-bond donors (Lipinski definition) is 2. The Morgan fingerprint density at radius 2 is 1.78 bits per heavy atom. The Balaban J connectivity index is 1.68. The summed E-state index contributed by atoms with van der Waals surface area (Å²) in [5.41, 5.74) is 5.84. The Kier molecular flexibility index (Phi) is 6.44.